The Morgan fingerprint density at radius 1 is 0.852 bits per heavy atom. The van der Waals surface area contributed by atoms with Crippen LogP contribution in [0, 0.1) is 23.7 Å². The first-order chi connectivity index (χ1) is 28.9. The Morgan fingerprint density at radius 2 is 1.49 bits per heavy atom. The Labute approximate surface area is 365 Å². The quantitative estimate of drug-likeness (QED) is 0.118. The summed E-state index contributed by atoms with van der Waals surface area (Å²) in [6.45, 7) is 14.4. The van der Waals surface area contributed by atoms with E-state index in [1.54, 1.807) is 62.3 Å². The van der Waals surface area contributed by atoms with Gasteiger partial charge < -0.3 is 41.0 Å². The minimum Gasteiger partial charge on any atom is -0.399 e. The molecule has 0 aromatic heterocycles. The third-order valence-electron chi connectivity index (χ3n) is 12.3. The third kappa shape index (κ3) is 14.0. The fourth-order valence-electron chi connectivity index (χ4n) is 8.77. The summed E-state index contributed by atoms with van der Waals surface area (Å²) >= 11 is 0. The SMILES string of the molecule is CCC(C)[C@@H](C(CC(=O)N1CCC[C@H]1C(OC)C(C)C(=O)N[C@H](CNC(=O)c1ccc(N)cc1)Cc1ccccc1)OC)N(C)C(=O)[C@@H](NC(=O)[C@H](C(C)C)N(C)C)C(C)C. The summed E-state index contributed by atoms with van der Waals surface area (Å²) in [5.74, 6) is -1.95. The van der Waals surface area contributed by atoms with E-state index in [9.17, 15) is 24.0 Å². The van der Waals surface area contributed by atoms with Gasteiger partial charge in [-0.2, -0.15) is 0 Å². The highest BCUT2D eigenvalue weighted by Gasteiger charge is 2.43. The molecule has 2 aromatic carbocycles. The number of nitrogens with one attached hydrogen (secondary N) is 3. The maximum Gasteiger partial charge on any atom is 0.251 e. The number of anilines is 1. The maximum absolute atomic E-state index is 14.4. The molecule has 5 amide bonds. The number of nitrogens with zero attached hydrogens (tertiary/aromatic N) is 3. The lowest BCUT2D eigenvalue weighted by Crippen LogP contribution is -2.59. The number of hydrogen-bond acceptors (Lipinski definition) is 9. The number of benzene rings is 2. The van der Waals surface area contributed by atoms with Crippen LogP contribution in [0.3, 0.4) is 0 Å². The molecule has 1 saturated heterocycles. The van der Waals surface area contributed by atoms with E-state index in [1.807, 2.05) is 90.9 Å². The highest BCUT2D eigenvalue weighted by atomic mass is 16.5. The van der Waals surface area contributed by atoms with Crippen molar-refractivity contribution in [1.82, 2.24) is 30.7 Å². The molecule has 0 bridgehead atoms. The molecule has 340 valence electrons. The van der Waals surface area contributed by atoms with Crippen LogP contribution < -0.4 is 21.7 Å². The number of methoxy groups -OCH3 is 2. The van der Waals surface area contributed by atoms with Gasteiger partial charge in [0.1, 0.15) is 6.04 Å². The van der Waals surface area contributed by atoms with Crippen molar-refractivity contribution < 1.29 is 33.4 Å². The number of likely N-dealkylation sites (tertiary alicyclic amines) is 1. The molecule has 0 radical (unpaired) electrons. The molecule has 4 unspecified atom stereocenters. The Bertz CT molecular complexity index is 1700. The summed E-state index contributed by atoms with van der Waals surface area (Å²) in [6.07, 6.45) is 1.36. The van der Waals surface area contributed by atoms with Crippen molar-refractivity contribution in [3.63, 3.8) is 0 Å². The molecule has 5 N–H and O–H groups in total. The van der Waals surface area contributed by atoms with Crippen molar-refractivity contribution in [1.29, 1.82) is 0 Å². The van der Waals surface area contributed by atoms with E-state index in [2.05, 4.69) is 16.0 Å². The lowest BCUT2D eigenvalue weighted by Gasteiger charge is -2.41. The van der Waals surface area contributed by atoms with Crippen LogP contribution in [0.15, 0.2) is 54.6 Å². The van der Waals surface area contributed by atoms with E-state index in [0.29, 0.717) is 30.6 Å². The maximum atomic E-state index is 14.4. The van der Waals surface area contributed by atoms with Crippen LogP contribution in [-0.2, 0) is 35.1 Å². The molecule has 1 aliphatic heterocycles. The fourth-order valence-corrected chi connectivity index (χ4v) is 8.77. The molecule has 1 fully saturated rings. The second-order valence-corrected chi connectivity index (χ2v) is 17.7. The van der Waals surface area contributed by atoms with E-state index >= 15 is 0 Å². The van der Waals surface area contributed by atoms with E-state index in [0.717, 1.165) is 18.4 Å². The zero-order valence-electron chi connectivity index (χ0n) is 38.8. The molecular weight excluding hydrogens is 775 g/mol. The van der Waals surface area contributed by atoms with Gasteiger partial charge in [-0.05, 0) is 80.9 Å². The van der Waals surface area contributed by atoms with Gasteiger partial charge in [-0.3, -0.25) is 28.9 Å². The molecule has 9 atom stereocenters. The van der Waals surface area contributed by atoms with Gasteiger partial charge in [0.05, 0.1) is 48.7 Å². The molecule has 1 heterocycles. The van der Waals surface area contributed by atoms with E-state index < -0.39 is 42.3 Å². The van der Waals surface area contributed by atoms with E-state index in [4.69, 9.17) is 15.2 Å². The second-order valence-electron chi connectivity index (χ2n) is 17.7. The van der Waals surface area contributed by atoms with E-state index in [-0.39, 0.29) is 66.3 Å². The van der Waals surface area contributed by atoms with Gasteiger partial charge in [-0.1, -0.05) is 85.2 Å². The van der Waals surface area contributed by atoms with Gasteiger partial charge in [0.25, 0.3) is 5.91 Å². The molecule has 1 aliphatic rings. The zero-order chi connectivity index (χ0) is 45.6. The lowest BCUT2D eigenvalue weighted by molar-refractivity contribution is -0.148. The number of nitrogen functional groups attached to an aromatic ring is 1. The molecule has 61 heavy (non-hydrogen) atoms. The Kier molecular flexibility index (Phi) is 20.2. The highest BCUT2D eigenvalue weighted by molar-refractivity contribution is 5.94. The van der Waals surface area contributed by atoms with Crippen molar-refractivity contribution in [2.45, 2.75) is 123 Å². The molecule has 3 rings (SSSR count). The van der Waals surface area contributed by atoms with Crippen LogP contribution in [0.4, 0.5) is 5.69 Å². The summed E-state index contributed by atoms with van der Waals surface area (Å²) in [7, 11) is 8.57. The Morgan fingerprint density at radius 3 is 2.03 bits per heavy atom. The van der Waals surface area contributed by atoms with Crippen LogP contribution in [0.25, 0.3) is 0 Å². The number of amides is 5. The number of carbonyl (C=O) groups is 5. The molecule has 14 nitrogen and oxygen atoms in total. The van der Waals surface area contributed by atoms with Crippen molar-refractivity contribution in [2.24, 2.45) is 23.7 Å². The molecule has 0 aliphatic carbocycles. The topological polar surface area (TPSA) is 176 Å². The monoisotopic (exact) mass is 850 g/mol. The Balaban J connectivity index is 1.78. The minimum absolute atomic E-state index is 0.0122. The van der Waals surface area contributed by atoms with Crippen LogP contribution in [0.2, 0.25) is 0 Å². The number of ether oxygens (including phenoxy) is 2. The predicted octanol–water partition coefficient (Wildman–Crippen LogP) is 4.37. The number of hydrogen-bond donors (Lipinski definition) is 4. The van der Waals surface area contributed by atoms with Gasteiger partial charge in [-0.15, -0.1) is 0 Å². The highest BCUT2D eigenvalue weighted by Crippen LogP contribution is 2.30. The first kappa shape index (κ1) is 50.8. The first-order valence-corrected chi connectivity index (χ1v) is 21.9. The van der Waals surface area contributed by atoms with Gasteiger partial charge in [0, 0.05) is 45.6 Å². The van der Waals surface area contributed by atoms with Crippen molar-refractivity contribution in [3.8, 4) is 0 Å². The average molecular weight is 850 g/mol. The van der Waals surface area contributed by atoms with Crippen LogP contribution in [0.5, 0.6) is 0 Å². The fraction of sp³-hybridized carbons (Fsp3) is 0.638. The van der Waals surface area contributed by atoms with Crippen molar-refractivity contribution in [3.05, 3.63) is 65.7 Å². The van der Waals surface area contributed by atoms with Crippen molar-refractivity contribution >= 4 is 35.2 Å². The number of carbonyl (C=O) groups excluding carboxylic acids is 5. The van der Waals surface area contributed by atoms with Gasteiger partial charge in [0.15, 0.2) is 0 Å². The summed E-state index contributed by atoms with van der Waals surface area (Å²) in [5, 5.41) is 9.17. The van der Waals surface area contributed by atoms with Gasteiger partial charge in [0.2, 0.25) is 23.6 Å². The van der Waals surface area contributed by atoms with Gasteiger partial charge >= 0.3 is 0 Å². The lowest BCUT2D eigenvalue weighted by atomic mass is 9.89. The first-order valence-electron chi connectivity index (χ1n) is 21.9. The summed E-state index contributed by atoms with van der Waals surface area (Å²) in [6, 6.07) is 14.0. The summed E-state index contributed by atoms with van der Waals surface area (Å²) in [4.78, 5) is 74.6. The zero-order valence-corrected chi connectivity index (χ0v) is 38.8. The van der Waals surface area contributed by atoms with Gasteiger partial charge in [-0.25, -0.2) is 0 Å². The number of rotatable bonds is 23. The van der Waals surface area contributed by atoms with Crippen LogP contribution in [0.1, 0.15) is 90.1 Å². The molecular formula is C47H75N7O7. The van der Waals surface area contributed by atoms with E-state index in [1.165, 1.54) is 0 Å². The number of nitrogens with two attached hydrogens (primary N) is 1. The Hall–Kier alpha value is -4.53. The summed E-state index contributed by atoms with van der Waals surface area (Å²) < 4.78 is 12.1. The second kappa shape index (κ2) is 24.2. The van der Waals surface area contributed by atoms with Crippen molar-refractivity contribution in [2.75, 3.05) is 54.2 Å². The third-order valence-corrected chi connectivity index (χ3v) is 12.3. The molecule has 0 saturated carbocycles. The predicted molar refractivity (Wildman–Crippen MR) is 240 cm³/mol. The molecule has 0 spiro atoms. The molecule has 14 heteroatoms. The smallest absolute Gasteiger partial charge is 0.251 e. The van der Waals surface area contributed by atoms with Crippen LogP contribution >= 0.6 is 0 Å². The van der Waals surface area contributed by atoms with Crippen LogP contribution in [-0.4, -0.2) is 135 Å². The number of likely N-dealkylation sites (N-methyl/N-ethyl adjacent to an activating group) is 2. The largest absolute Gasteiger partial charge is 0.399 e. The normalized spacial score (nSPS) is 18.1. The minimum atomic E-state index is -0.774. The molecule has 2 aromatic rings. The summed E-state index contributed by atoms with van der Waals surface area (Å²) in [5.41, 5.74) is 7.83. The average Bonchev–Trinajstić information content (AvgIpc) is 3.71. The standard InChI is InChI=1S/C47H75N7O7/c1-13-31(6)42(53(10)47(59)40(29(2)3)51-46(58)41(30(4)5)52(8)9)38(60-11)27-39(55)54-25-17-20-37(54)43(61-12)32(7)44(56)50-36(26-33-18-15-14-16-19-33)28-49-45(57)34-21-23-35(48)24-22-34/h14-16,18-19,21-24,29-32,36-38,40-43H,13,17,20,25-28,48H2,1-12H3,(H,49,57)(H,50,56)(H,51,58)/t31?,32?,36-,37-,38?,40-,41-,42-,43?/m0/s1.